The maximum Gasteiger partial charge on any atom is 0.322 e. The molecular weight excluding hydrogens is 354 g/mol. The van der Waals surface area contributed by atoms with Crippen LogP contribution in [0.1, 0.15) is 13.3 Å². The molecule has 1 atom stereocenters. The molecule has 0 aliphatic heterocycles. The number of ether oxygens (including phenoxy) is 1. The van der Waals surface area contributed by atoms with Crippen LogP contribution in [0.4, 0.5) is 0 Å². The first-order valence-corrected chi connectivity index (χ1v) is 9.35. The second-order valence-corrected chi connectivity index (χ2v) is 7.64. The number of carboxylic acids is 1. The van der Waals surface area contributed by atoms with Gasteiger partial charge < -0.3 is 9.84 Å². The molecule has 0 aliphatic rings. The van der Waals surface area contributed by atoms with E-state index in [2.05, 4.69) is 11.3 Å². The van der Waals surface area contributed by atoms with E-state index in [-0.39, 0.29) is 11.3 Å². The van der Waals surface area contributed by atoms with Crippen LogP contribution in [-0.2, 0) is 14.8 Å². The van der Waals surface area contributed by atoms with Crippen molar-refractivity contribution in [3.63, 3.8) is 0 Å². The zero-order valence-electron chi connectivity index (χ0n) is 14.6. The lowest BCUT2D eigenvalue weighted by Gasteiger charge is -2.15. The van der Waals surface area contributed by atoms with Crippen molar-refractivity contribution in [2.24, 2.45) is 0 Å². The molecule has 2 aromatic rings. The molecular formula is C19H21NO5S. The quantitative estimate of drug-likeness (QED) is 0.692. The van der Waals surface area contributed by atoms with Crippen LogP contribution in [0.5, 0.6) is 5.75 Å². The maximum absolute atomic E-state index is 12.4. The summed E-state index contributed by atoms with van der Waals surface area (Å²) in [6, 6.07) is 12.4. The van der Waals surface area contributed by atoms with Crippen LogP contribution in [0.15, 0.2) is 65.6 Å². The topological polar surface area (TPSA) is 92.7 Å². The summed E-state index contributed by atoms with van der Waals surface area (Å²) >= 11 is 0. The third-order valence-corrected chi connectivity index (χ3v) is 5.22. The molecule has 0 saturated heterocycles. The maximum atomic E-state index is 12.4. The molecule has 26 heavy (non-hydrogen) atoms. The largest absolute Gasteiger partial charge is 0.497 e. The minimum absolute atomic E-state index is 0.00252. The van der Waals surface area contributed by atoms with Gasteiger partial charge in [-0.05, 0) is 48.7 Å². The Kier molecular flexibility index (Phi) is 6.18. The van der Waals surface area contributed by atoms with Crippen molar-refractivity contribution in [2.75, 3.05) is 7.11 Å². The van der Waals surface area contributed by atoms with Crippen LogP contribution >= 0.6 is 0 Å². The average Bonchev–Trinajstić information content (AvgIpc) is 2.61. The van der Waals surface area contributed by atoms with Crippen molar-refractivity contribution < 1.29 is 23.1 Å². The number of hydrogen-bond acceptors (Lipinski definition) is 4. The van der Waals surface area contributed by atoms with Crippen LogP contribution < -0.4 is 9.46 Å². The summed E-state index contributed by atoms with van der Waals surface area (Å²) in [5.41, 5.74) is 2.33. The zero-order valence-corrected chi connectivity index (χ0v) is 15.4. The van der Waals surface area contributed by atoms with Gasteiger partial charge in [-0.2, -0.15) is 4.72 Å². The lowest BCUT2D eigenvalue weighted by molar-refractivity contribution is -0.138. The van der Waals surface area contributed by atoms with Gasteiger partial charge in [-0.3, -0.25) is 4.79 Å². The van der Waals surface area contributed by atoms with Crippen LogP contribution in [0.2, 0.25) is 0 Å². The predicted octanol–water partition coefficient (Wildman–Crippen LogP) is 3.06. The highest BCUT2D eigenvalue weighted by Crippen LogP contribution is 2.24. The summed E-state index contributed by atoms with van der Waals surface area (Å²) < 4.78 is 32.2. The Labute approximate surface area is 153 Å². The molecule has 0 aliphatic carbocycles. The highest BCUT2D eigenvalue weighted by Gasteiger charge is 2.25. The van der Waals surface area contributed by atoms with E-state index in [1.165, 1.54) is 12.1 Å². The number of hydrogen-bond donors (Lipinski definition) is 2. The van der Waals surface area contributed by atoms with E-state index in [0.29, 0.717) is 5.57 Å². The van der Waals surface area contributed by atoms with Gasteiger partial charge in [0, 0.05) is 0 Å². The molecule has 0 radical (unpaired) electrons. The van der Waals surface area contributed by atoms with Gasteiger partial charge >= 0.3 is 5.97 Å². The van der Waals surface area contributed by atoms with Gasteiger partial charge in [0.1, 0.15) is 11.8 Å². The molecule has 0 amide bonds. The molecule has 6 nitrogen and oxygen atoms in total. The summed E-state index contributed by atoms with van der Waals surface area (Å²) in [6.07, 6.45) is 0.0263. The second kappa shape index (κ2) is 8.16. The number of aliphatic carboxylic acids is 1. The summed E-state index contributed by atoms with van der Waals surface area (Å²) in [6.45, 7) is 5.28. The van der Waals surface area contributed by atoms with Gasteiger partial charge in [-0.1, -0.05) is 29.8 Å². The van der Waals surface area contributed by atoms with Crippen molar-refractivity contribution in [1.82, 2.24) is 4.72 Å². The Bertz CT molecular complexity index is 887. The highest BCUT2D eigenvalue weighted by atomic mass is 32.2. The molecule has 0 aromatic heterocycles. The fraction of sp³-hybridized carbons (Fsp3) is 0.211. The lowest BCUT2D eigenvalue weighted by Crippen LogP contribution is -2.40. The summed E-state index contributed by atoms with van der Waals surface area (Å²) in [5.74, 6) is -0.513. The van der Waals surface area contributed by atoms with Crippen LogP contribution in [0.25, 0.3) is 11.1 Å². The van der Waals surface area contributed by atoms with Crippen molar-refractivity contribution in [3.05, 3.63) is 60.7 Å². The van der Waals surface area contributed by atoms with E-state index in [9.17, 15) is 18.3 Å². The molecule has 138 valence electrons. The van der Waals surface area contributed by atoms with E-state index < -0.39 is 22.0 Å². The average molecular weight is 375 g/mol. The van der Waals surface area contributed by atoms with Crippen molar-refractivity contribution in [3.8, 4) is 16.9 Å². The molecule has 2 rings (SSSR count). The second-order valence-electron chi connectivity index (χ2n) is 5.93. The number of carboxylic acid groups (broad SMARTS) is 1. The van der Waals surface area contributed by atoms with Crippen LogP contribution in [0.3, 0.4) is 0 Å². The van der Waals surface area contributed by atoms with E-state index in [4.69, 9.17) is 4.74 Å². The SMILES string of the molecule is C=C(C)CC(NS(=O)(=O)c1ccc(-c2ccc(OC)cc2)cc1)C(=O)O. The summed E-state index contributed by atoms with van der Waals surface area (Å²) in [5, 5.41) is 9.19. The zero-order chi connectivity index (χ0) is 19.3. The normalized spacial score (nSPS) is 12.4. The smallest absolute Gasteiger partial charge is 0.322 e. The first kappa shape index (κ1) is 19.7. The van der Waals surface area contributed by atoms with E-state index in [1.54, 1.807) is 26.2 Å². The molecule has 2 N–H and O–H groups in total. The number of nitrogens with one attached hydrogen (secondary N) is 1. The van der Waals surface area contributed by atoms with E-state index in [1.807, 2.05) is 24.3 Å². The third kappa shape index (κ3) is 4.93. The Hall–Kier alpha value is -2.64. The molecule has 0 saturated carbocycles. The Morgan fingerprint density at radius 1 is 1.12 bits per heavy atom. The highest BCUT2D eigenvalue weighted by molar-refractivity contribution is 7.89. The van der Waals surface area contributed by atoms with Crippen LogP contribution in [0, 0.1) is 0 Å². The van der Waals surface area contributed by atoms with Crippen molar-refractivity contribution in [1.29, 1.82) is 0 Å². The molecule has 0 bridgehead atoms. The fourth-order valence-electron chi connectivity index (χ4n) is 2.39. The Balaban J connectivity index is 2.22. The molecule has 2 aromatic carbocycles. The van der Waals surface area contributed by atoms with Crippen molar-refractivity contribution >= 4 is 16.0 Å². The van der Waals surface area contributed by atoms with Gasteiger partial charge in [0.2, 0.25) is 10.0 Å². The lowest BCUT2D eigenvalue weighted by atomic mass is 10.1. The fourth-order valence-corrected chi connectivity index (χ4v) is 3.58. The Morgan fingerprint density at radius 3 is 2.04 bits per heavy atom. The van der Waals surface area contributed by atoms with Crippen LogP contribution in [-0.4, -0.2) is 32.6 Å². The summed E-state index contributed by atoms with van der Waals surface area (Å²) in [7, 11) is -2.37. The third-order valence-electron chi connectivity index (χ3n) is 3.74. The predicted molar refractivity (Wildman–Crippen MR) is 99.6 cm³/mol. The Morgan fingerprint density at radius 2 is 1.62 bits per heavy atom. The number of rotatable bonds is 8. The monoisotopic (exact) mass is 375 g/mol. The molecule has 0 heterocycles. The van der Waals surface area contributed by atoms with Gasteiger partial charge in [-0.15, -0.1) is 6.58 Å². The first-order valence-electron chi connectivity index (χ1n) is 7.87. The molecule has 7 heteroatoms. The van der Waals surface area contributed by atoms with Gasteiger partial charge in [-0.25, -0.2) is 8.42 Å². The van der Waals surface area contributed by atoms with E-state index >= 15 is 0 Å². The first-order chi connectivity index (χ1) is 12.2. The number of sulfonamides is 1. The molecule has 0 fully saturated rings. The molecule has 0 spiro atoms. The van der Waals surface area contributed by atoms with Gasteiger partial charge in [0.15, 0.2) is 0 Å². The summed E-state index contributed by atoms with van der Waals surface area (Å²) in [4.78, 5) is 11.3. The van der Waals surface area contributed by atoms with Gasteiger partial charge in [0.05, 0.1) is 12.0 Å². The molecule has 1 unspecified atom stereocenters. The van der Waals surface area contributed by atoms with Gasteiger partial charge in [0.25, 0.3) is 0 Å². The minimum Gasteiger partial charge on any atom is -0.497 e. The standard InChI is InChI=1S/C19H21NO5S/c1-13(2)12-18(19(21)22)20-26(23,24)17-10-6-15(7-11-17)14-4-8-16(25-3)9-5-14/h4-11,18,20H,1,12H2,2-3H3,(H,21,22). The number of benzene rings is 2. The van der Waals surface area contributed by atoms with E-state index in [0.717, 1.165) is 16.9 Å². The number of carbonyl (C=O) groups is 1. The van der Waals surface area contributed by atoms with Crippen molar-refractivity contribution in [2.45, 2.75) is 24.3 Å². The number of methoxy groups -OCH3 is 1. The minimum atomic E-state index is -3.95.